The van der Waals surface area contributed by atoms with E-state index in [2.05, 4.69) is 50.1 Å². The van der Waals surface area contributed by atoms with Gasteiger partial charge in [0.1, 0.15) is 12.1 Å². The molecule has 1 amide bonds. The number of nitrogens with zero attached hydrogens (tertiary/aromatic N) is 7. The summed E-state index contributed by atoms with van der Waals surface area (Å²) in [5.41, 5.74) is 1.03. The zero-order chi connectivity index (χ0) is 29.7. The standard InChI is InChI=1S/C32H53N7O3/c1-32(2,3)38(17-18-41-4)21-24-9-11-26(12-10-24)31(40)37-15-13-36(14-16-37)29-28-20-35-39(30(28)34-23-33-29)22-25-7-6-8-27(19-25)42-5/h20,23-27H,6-19,21-22H2,1-5H3/t24-,25?,26-,27?. The molecule has 1 aliphatic heterocycles. The van der Waals surface area contributed by atoms with Gasteiger partial charge in [-0.15, -0.1) is 0 Å². The van der Waals surface area contributed by atoms with Gasteiger partial charge < -0.3 is 19.3 Å². The van der Waals surface area contributed by atoms with Gasteiger partial charge in [-0.2, -0.15) is 5.10 Å². The van der Waals surface area contributed by atoms with Gasteiger partial charge in [-0.1, -0.05) is 6.42 Å². The molecular formula is C32H53N7O3. The molecule has 2 aromatic rings. The fourth-order valence-electron chi connectivity index (χ4n) is 7.33. The van der Waals surface area contributed by atoms with Crippen molar-refractivity contribution in [2.45, 2.75) is 90.3 Å². The van der Waals surface area contributed by atoms with Crippen molar-refractivity contribution in [2.75, 3.05) is 65.0 Å². The number of carbonyl (C=O) groups excluding carboxylic acids is 1. The predicted octanol–water partition coefficient (Wildman–Crippen LogP) is 4.23. The van der Waals surface area contributed by atoms with Crippen LogP contribution in [0.5, 0.6) is 0 Å². The minimum absolute atomic E-state index is 0.127. The summed E-state index contributed by atoms with van der Waals surface area (Å²) in [6.07, 6.45) is 12.9. The van der Waals surface area contributed by atoms with E-state index in [9.17, 15) is 4.79 Å². The van der Waals surface area contributed by atoms with Crippen molar-refractivity contribution in [2.24, 2.45) is 17.8 Å². The number of piperazine rings is 1. The lowest BCUT2D eigenvalue weighted by Gasteiger charge is -2.41. The highest BCUT2D eigenvalue weighted by atomic mass is 16.5. The van der Waals surface area contributed by atoms with Crippen LogP contribution in [0.3, 0.4) is 0 Å². The van der Waals surface area contributed by atoms with Crippen molar-refractivity contribution in [1.82, 2.24) is 29.5 Å². The van der Waals surface area contributed by atoms with Crippen LogP contribution in [0.25, 0.3) is 11.0 Å². The Hall–Kier alpha value is -2.30. The Morgan fingerprint density at radius 3 is 2.45 bits per heavy atom. The van der Waals surface area contributed by atoms with Gasteiger partial charge in [0.15, 0.2) is 5.65 Å². The van der Waals surface area contributed by atoms with E-state index in [0.717, 1.165) is 108 Å². The van der Waals surface area contributed by atoms with Gasteiger partial charge in [0.2, 0.25) is 5.91 Å². The van der Waals surface area contributed by atoms with Crippen LogP contribution in [0.15, 0.2) is 12.5 Å². The number of rotatable bonds is 10. The van der Waals surface area contributed by atoms with E-state index >= 15 is 0 Å². The molecular weight excluding hydrogens is 530 g/mol. The molecule has 2 aromatic heterocycles. The van der Waals surface area contributed by atoms with Crippen molar-refractivity contribution >= 4 is 22.8 Å². The number of hydrogen-bond acceptors (Lipinski definition) is 8. The van der Waals surface area contributed by atoms with Gasteiger partial charge >= 0.3 is 0 Å². The molecule has 0 N–H and O–H groups in total. The summed E-state index contributed by atoms with van der Waals surface area (Å²) < 4.78 is 13.0. The minimum atomic E-state index is 0.127. The Morgan fingerprint density at radius 1 is 1.00 bits per heavy atom. The third-order valence-corrected chi connectivity index (χ3v) is 9.99. The maximum Gasteiger partial charge on any atom is 0.225 e. The number of aromatic nitrogens is 4. The Bertz CT molecular complexity index is 1150. The summed E-state index contributed by atoms with van der Waals surface area (Å²) >= 11 is 0. The molecule has 3 fully saturated rings. The van der Waals surface area contributed by atoms with E-state index in [0.29, 0.717) is 23.8 Å². The van der Waals surface area contributed by atoms with Crippen molar-refractivity contribution in [3.05, 3.63) is 12.5 Å². The van der Waals surface area contributed by atoms with E-state index in [1.807, 2.05) is 13.3 Å². The fourth-order valence-corrected chi connectivity index (χ4v) is 7.33. The zero-order valence-electron chi connectivity index (χ0n) is 26.6. The molecule has 0 aromatic carbocycles. The normalized spacial score (nSPS) is 25.9. The summed E-state index contributed by atoms with van der Waals surface area (Å²) in [6, 6.07) is 0. The first kappa shape index (κ1) is 31.1. The first-order valence-corrected chi connectivity index (χ1v) is 16.2. The second-order valence-electron chi connectivity index (χ2n) is 13.8. The Balaban J connectivity index is 1.12. The number of carbonyl (C=O) groups is 1. The number of anilines is 1. The largest absolute Gasteiger partial charge is 0.383 e. The number of ether oxygens (including phenoxy) is 2. The number of fused-ring (bicyclic) bond motifs is 1. The van der Waals surface area contributed by atoms with Gasteiger partial charge in [0.05, 0.1) is 24.3 Å². The van der Waals surface area contributed by atoms with E-state index < -0.39 is 0 Å². The molecule has 1 saturated heterocycles. The van der Waals surface area contributed by atoms with E-state index in [1.165, 1.54) is 12.8 Å². The highest BCUT2D eigenvalue weighted by Gasteiger charge is 2.33. The van der Waals surface area contributed by atoms with Crippen LogP contribution >= 0.6 is 0 Å². The minimum Gasteiger partial charge on any atom is -0.383 e. The van der Waals surface area contributed by atoms with Gasteiger partial charge in [0, 0.05) is 71.5 Å². The Labute approximate surface area is 252 Å². The van der Waals surface area contributed by atoms with Crippen LogP contribution in [0.2, 0.25) is 0 Å². The molecule has 2 unspecified atom stereocenters. The molecule has 2 atom stereocenters. The van der Waals surface area contributed by atoms with Crippen LogP contribution in [0.4, 0.5) is 5.82 Å². The second kappa shape index (κ2) is 14.0. The van der Waals surface area contributed by atoms with Crippen LogP contribution in [-0.4, -0.2) is 107 Å². The molecule has 10 heteroatoms. The first-order chi connectivity index (χ1) is 20.3. The Kier molecular flexibility index (Phi) is 10.4. The molecule has 42 heavy (non-hydrogen) atoms. The summed E-state index contributed by atoms with van der Waals surface area (Å²) in [5.74, 6) is 2.67. The SMILES string of the molecule is COCCN(C[C@H]1CC[C@H](C(=O)N2CCN(c3ncnc4c3cnn4CC3CCCC(OC)C3)CC2)CC1)C(C)(C)C. The fraction of sp³-hybridized carbons (Fsp3) is 0.812. The smallest absolute Gasteiger partial charge is 0.225 e. The average molecular weight is 584 g/mol. The Morgan fingerprint density at radius 2 is 1.76 bits per heavy atom. The van der Waals surface area contributed by atoms with Crippen molar-refractivity contribution < 1.29 is 14.3 Å². The van der Waals surface area contributed by atoms with Crippen LogP contribution in [-0.2, 0) is 20.8 Å². The predicted molar refractivity (Wildman–Crippen MR) is 166 cm³/mol. The van der Waals surface area contributed by atoms with Gasteiger partial charge in [-0.05, 0) is 77.6 Å². The molecule has 10 nitrogen and oxygen atoms in total. The highest BCUT2D eigenvalue weighted by molar-refractivity contribution is 5.87. The highest BCUT2D eigenvalue weighted by Crippen LogP contribution is 2.33. The summed E-state index contributed by atoms with van der Waals surface area (Å²) in [7, 11) is 3.59. The lowest BCUT2D eigenvalue weighted by molar-refractivity contribution is -0.137. The van der Waals surface area contributed by atoms with Crippen molar-refractivity contribution in [1.29, 1.82) is 0 Å². The number of hydrogen-bond donors (Lipinski definition) is 0. The lowest BCUT2D eigenvalue weighted by Crippen LogP contribution is -2.51. The quantitative estimate of drug-likeness (QED) is 0.411. The van der Waals surface area contributed by atoms with Crippen LogP contribution in [0, 0.1) is 17.8 Å². The van der Waals surface area contributed by atoms with Gasteiger partial charge in [0.25, 0.3) is 0 Å². The van der Waals surface area contributed by atoms with Gasteiger partial charge in [-0.3, -0.25) is 9.69 Å². The van der Waals surface area contributed by atoms with E-state index in [4.69, 9.17) is 14.6 Å². The summed E-state index contributed by atoms with van der Waals surface area (Å²) in [4.78, 5) is 29.7. The molecule has 234 valence electrons. The molecule has 3 heterocycles. The second-order valence-corrected chi connectivity index (χ2v) is 13.8. The molecule has 0 spiro atoms. The number of methoxy groups -OCH3 is 2. The van der Waals surface area contributed by atoms with Crippen LogP contribution < -0.4 is 4.90 Å². The summed E-state index contributed by atoms with van der Waals surface area (Å²) in [6.45, 7) is 13.6. The topological polar surface area (TPSA) is 88.9 Å². The third-order valence-electron chi connectivity index (χ3n) is 9.99. The summed E-state index contributed by atoms with van der Waals surface area (Å²) in [5, 5.41) is 5.73. The molecule has 2 saturated carbocycles. The number of amides is 1. The van der Waals surface area contributed by atoms with Crippen LogP contribution in [0.1, 0.15) is 72.1 Å². The maximum atomic E-state index is 13.5. The lowest BCUT2D eigenvalue weighted by atomic mass is 9.80. The monoisotopic (exact) mass is 583 g/mol. The molecule has 0 bridgehead atoms. The van der Waals surface area contributed by atoms with Crippen molar-refractivity contribution in [3.63, 3.8) is 0 Å². The molecule has 2 aliphatic carbocycles. The maximum absolute atomic E-state index is 13.5. The van der Waals surface area contributed by atoms with Crippen molar-refractivity contribution in [3.8, 4) is 0 Å². The third kappa shape index (κ3) is 7.42. The zero-order valence-corrected chi connectivity index (χ0v) is 26.6. The molecule has 5 rings (SSSR count). The molecule has 3 aliphatic rings. The van der Waals surface area contributed by atoms with E-state index in [-0.39, 0.29) is 11.5 Å². The average Bonchev–Trinajstić information content (AvgIpc) is 3.41. The molecule has 0 radical (unpaired) electrons. The van der Waals surface area contributed by atoms with Gasteiger partial charge in [-0.25, -0.2) is 14.6 Å². The first-order valence-electron chi connectivity index (χ1n) is 16.2. The van der Waals surface area contributed by atoms with E-state index in [1.54, 1.807) is 13.4 Å².